The maximum absolute atomic E-state index is 13.5. The lowest BCUT2D eigenvalue weighted by atomic mass is 10.0. The maximum atomic E-state index is 13.5. The van der Waals surface area contributed by atoms with Gasteiger partial charge in [0.25, 0.3) is 5.91 Å². The Bertz CT molecular complexity index is 1110. The number of ether oxygens (including phenoxy) is 1. The van der Waals surface area contributed by atoms with Crippen LogP contribution in [-0.4, -0.2) is 35.9 Å². The molecule has 34 heavy (non-hydrogen) atoms. The number of aryl methyl sites for hydroxylation is 1. The van der Waals surface area contributed by atoms with E-state index in [-0.39, 0.29) is 30.8 Å². The zero-order valence-electron chi connectivity index (χ0n) is 19.3. The van der Waals surface area contributed by atoms with E-state index in [1.165, 1.54) is 17.0 Å². The van der Waals surface area contributed by atoms with Gasteiger partial charge in [0.05, 0.1) is 0 Å². The average Bonchev–Trinajstić information content (AvgIpc) is 2.84. The normalized spacial score (nSPS) is 11.5. The fraction of sp³-hybridized carbons (Fsp3) is 0.259. The van der Waals surface area contributed by atoms with E-state index in [1.807, 2.05) is 56.3 Å². The summed E-state index contributed by atoms with van der Waals surface area (Å²) in [5, 5.41) is 2.84. The third-order valence-corrected chi connectivity index (χ3v) is 6.27. The number of nitrogens with zero attached hydrogens (tertiary/aromatic N) is 1. The van der Waals surface area contributed by atoms with Gasteiger partial charge in [-0.15, -0.1) is 0 Å². The summed E-state index contributed by atoms with van der Waals surface area (Å²) in [6, 6.07) is 20.2. The van der Waals surface area contributed by atoms with Crippen molar-refractivity contribution in [2.24, 2.45) is 0 Å². The number of amides is 2. The molecule has 178 valence electrons. The van der Waals surface area contributed by atoms with Crippen molar-refractivity contribution >= 4 is 27.7 Å². The molecule has 0 aliphatic heterocycles. The maximum Gasteiger partial charge on any atom is 0.261 e. The number of hydrogen-bond donors (Lipinski definition) is 1. The van der Waals surface area contributed by atoms with Crippen LogP contribution < -0.4 is 10.1 Å². The second kappa shape index (κ2) is 12.3. The van der Waals surface area contributed by atoms with E-state index in [9.17, 15) is 14.0 Å². The molecule has 0 heterocycles. The van der Waals surface area contributed by atoms with Crippen molar-refractivity contribution in [3.63, 3.8) is 0 Å². The van der Waals surface area contributed by atoms with E-state index in [0.29, 0.717) is 18.7 Å². The van der Waals surface area contributed by atoms with Crippen LogP contribution in [0.3, 0.4) is 0 Å². The van der Waals surface area contributed by atoms with E-state index >= 15 is 0 Å². The van der Waals surface area contributed by atoms with E-state index in [0.717, 1.165) is 21.2 Å². The van der Waals surface area contributed by atoms with Crippen LogP contribution in [0.2, 0.25) is 0 Å². The van der Waals surface area contributed by atoms with Crippen LogP contribution in [0.5, 0.6) is 5.75 Å². The lowest BCUT2D eigenvalue weighted by molar-refractivity contribution is -0.142. The van der Waals surface area contributed by atoms with Gasteiger partial charge in [-0.25, -0.2) is 4.39 Å². The molecule has 1 N–H and O–H groups in total. The highest BCUT2D eigenvalue weighted by Crippen LogP contribution is 2.22. The first kappa shape index (κ1) is 25.4. The SMILES string of the molecule is CCNC(=O)[C@H](Cc1ccccc1)N(Cc1ccc(F)cc1)C(=O)COc1ccc(Br)c(C)c1. The minimum Gasteiger partial charge on any atom is -0.484 e. The van der Waals surface area contributed by atoms with Gasteiger partial charge in [0.15, 0.2) is 6.61 Å². The Morgan fingerprint density at radius 1 is 1.03 bits per heavy atom. The summed E-state index contributed by atoms with van der Waals surface area (Å²) in [5.74, 6) is -0.382. The van der Waals surface area contributed by atoms with E-state index < -0.39 is 6.04 Å². The predicted molar refractivity (Wildman–Crippen MR) is 134 cm³/mol. The van der Waals surface area contributed by atoms with Gasteiger partial charge >= 0.3 is 0 Å². The van der Waals surface area contributed by atoms with Gasteiger partial charge in [-0.2, -0.15) is 0 Å². The number of rotatable bonds is 10. The number of likely N-dealkylation sites (N-methyl/N-ethyl adjacent to an activating group) is 1. The summed E-state index contributed by atoms with van der Waals surface area (Å²) >= 11 is 3.45. The summed E-state index contributed by atoms with van der Waals surface area (Å²) in [4.78, 5) is 28.0. The Hall–Kier alpha value is -3.19. The van der Waals surface area contributed by atoms with Crippen molar-refractivity contribution in [3.05, 3.63) is 99.8 Å². The van der Waals surface area contributed by atoms with Crippen molar-refractivity contribution < 1.29 is 18.7 Å². The number of benzene rings is 3. The summed E-state index contributed by atoms with van der Waals surface area (Å²) < 4.78 is 20.2. The Balaban J connectivity index is 1.88. The summed E-state index contributed by atoms with van der Waals surface area (Å²) in [6.45, 7) is 4.13. The molecule has 0 unspecified atom stereocenters. The van der Waals surface area contributed by atoms with Crippen LogP contribution in [0.15, 0.2) is 77.3 Å². The molecule has 0 radical (unpaired) electrons. The monoisotopic (exact) mass is 526 g/mol. The highest BCUT2D eigenvalue weighted by molar-refractivity contribution is 9.10. The number of hydrogen-bond acceptors (Lipinski definition) is 3. The number of nitrogens with one attached hydrogen (secondary N) is 1. The molecule has 0 aromatic heterocycles. The van der Waals surface area contributed by atoms with Gasteiger partial charge in [0, 0.05) is 24.0 Å². The largest absolute Gasteiger partial charge is 0.484 e. The fourth-order valence-corrected chi connectivity index (χ4v) is 3.81. The minimum absolute atomic E-state index is 0.149. The summed E-state index contributed by atoms with van der Waals surface area (Å²) in [5.41, 5.74) is 2.63. The quantitative estimate of drug-likeness (QED) is 0.402. The molecule has 0 aliphatic rings. The summed E-state index contributed by atoms with van der Waals surface area (Å²) in [6.07, 6.45) is 0.344. The van der Waals surface area contributed by atoms with E-state index in [4.69, 9.17) is 4.74 Å². The molecule has 0 aliphatic carbocycles. The van der Waals surface area contributed by atoms with Gasteiger partial charge in [0.1, 0.15) is 17.6 Å². The first-order valence-electron chi connectivity index (χ1n) is 11.1. The van der Waals surface area contributed by atoms with Gasteiger partial charge in [0.2, 0.25) is 5.91 Å². The topological polar surface area (TPSA) is 58.6 Å². The third-order valence-electron chi connectivity index (χ3n) is 5.38. The fourth-order valence-electron chi connectivity index (χ4n) is 3.57. The molecule has 3 rings (SSSR count). The van der Waals surface area contributed by atoms with E-state index in [1.54, 1.807) is 18.2 Å². The highest BCUT2D eigenvalue weighted by atomic mass is 79.9. The first-order chi connectivity index (χ1) is 16.4. The zero-order chi connectivity index (χ0) is 24.5. The van der Waals surface area contributed by atoms with Gasteiger partial charge in [-0.05, 0) is 60.9 Å². The van der Waals surface area contributed by atoms with Crippen LogP contribution in [0.1, 0.15) is 23.6 Å². The van der Waals surface area contributed by atoms with Crippen LogP contribution in [-0.2, 0) is 22.6 Å². The van der Waals surface area contributed by atoms with Crippen molar-refractivity contribution in [3.8, 4) is 5.75 Å². The van der Waals surface area contributed by atoms with Crippen LogP contribution >= 0.6 is 15.9 Å². The zero-order valence-corrected chi connectivity index (χ0v) is 20.8. The Morgan fingerprint density at radius 2 is 1.74 bits per heavy atom. The molecule has 2 amide bonds. The molecule has 7 heteroatoms. The number of carbonyl (C=O) groups excluding carboxylic acids is 2. The van der Waals surface area contributed by atoms with Crippen LogP contribution in [0.4, 0.5) is 4.39 Å². The third kappa shape index (κ3) is 7.15. The second-order valence-corrected chi connectivity index (χ2v) is 8.80. The number of halogens is 2. The molecule has 3 aromatic carbocycles. The van der Waals surface area contributed by atoms with Crippen LogP contribution in [0, 0.1) is 12.7 Å². The molecular weight excluding hydrogens is 499 g/mol. The Morgan fingerprint density at radius 3 is 2.38 bits per heavy atom. The van der Waals surface area contributed by atoms with Crippen molar-refractivity contribution in [2.45, 2.75) is 32.9 Å². The lowest BCUT2D eigenvalue weighted by Gasteiger charge is -2.31. The Kier molecular flexibility index (Phi) is 9.22. The van der Waals surface area contributed by atoms with Crippen molar-refractivity contribution in [1.82, 2.24) is 10.2 Å². The number of carbonyl (C=O) groups is 2. The van der Waals surface area contributed by atoms with Crippen molar-refractivity contribution in [1.29, 1.82) is 0 Å². The molecule has 5 nitrogen and oxygen atoms in total. The Labute approximate surface area is 208 Å². The standard InChI is InChI=1S/C27H28BrFN2O3/c1-3-30-27(33)25(16-20-7-5-4-6-8-20)31(17-21-9-11-22(29)12-10-21)26(32)18-34-23-13-14-24(28)19(2)15-23/h4-15,25H,3,16-18H2,1-2H3,(H,30,33)/t25-/m0/s1. The van der Waals surface area contributed by atoms with E-state index in [2.05, 4.69) is 21.2 Å². The first-order valence-corrected chi connectivity index (χ1v) is 11.9. The molecular formula is C27H28BrFN2O3. The van der Waals surface area contributed by atoms with Gasteiger partial charge in [-0.1, -0.05) is 58.4 Å². The molecule has 1 atom stereocenters. The predicted octanol–water partition coefficient (Wildman–Crippen LogP) is 5.05. The lowest BCUT2D eigenvalue weighted by Crippen LogP contribution is -2.51. The molecule has 0 spiro atoms. The van der Waals surface area contributed by atoms with Gasteiger partial charge < -0.3 is 15.0 Å². The highest BCUT2D eigenvalue weighted by Gasteiger charge is 2.30. The summed E-state index contributed by atoms with van der Waals surface area (Å²) in [7, 11) is 0. The molecule has 0 saturated carbocycles. The second-order valence-electron chi connectivity index (χ2n) is 7.95. The molecule has 0 bridgehead atoms. The molecule has 3 aromatic rings. The molecule has 0 saturated heterocycles. The average molecular weight is 527 g/mol. The van der Waals surface area contributed by atoms with Crippen LogP contribution in [0.25, 0.3) is 0 Å². The van der Waals surface area contributed by atoms with Gasteiger partial charge in [-0.3, -0.25) is 9.59 Å². The minimum atomic E-state index is -0.754. The van der Waals surface area contributed by atoms with Crippen molar-refractivity contribution in [2.75, 3.05) is 13.2 Å². The smallest absolute Gasteiger partial charge is 0.261 e. The molecule has 0 fully saturated rings.